The van der Waals surface area contributed by atoms with Crippen molar-refractivity contribution < 1.29 is 23.9 Å². The Kier molecular flexibility index (Phi) is 8.54. The van der Waals surface area contributed by atoms with E-state index in [9.17, 15) is 14.9 Å². The van der Waals surface area contributed by atoms with Gasteiger partial charge in [-0.05, 0) is 37.1 Å². The molecular weight excluding hydrogens is 426 g/mol. The molecule has 0 saturated carbocycles. The van der Waals surface area contributed by atoms with Crippen LogP contribution in [0.25, 0.3) is 10.9 Å². The summed E-state index contributed by atoms with van der Waals surface area (Å²) in [4.78, 5) is 26.2. The Morgan fingerprint density at radius 1 is 1.15 bits per heavy atom. The van der Waals surface area contributed by atoms with E-state index in [-0.39, 0.29) is 30.9 Å². The number of carbonyl (C=O) groups is 1. The summed E-state index contributed by atoms with van der Waals surface area (Å²) in [5.41, 5.74) is 2.05. The number of para-hydroxylation sites is 1. The van der Waals surface area contributed by atoms with Crippen molar-refractivity contribution in [3.05, 3.63) is 70.4 Å². The highest BCUT2D eigenvalue weighted by atomic mass is 16.6. The highest BCUT2D eigenvalue weighted by Gasteiger charge is 2.21. The van der Waals surface area contributed by atoms with E-state index in [2.05, 4.69) is 10.3 Å². The van der Waals surface area contributed by atoms with Crippen molar-refractivity contribution in [1.82, 2.24) is 4.98 Å². The number of nitrogens with zero attached hydrogens (tertiary/aromatic N) is 2. The fourth-order valence-corrected chi connectivity index (χ4v) is 3.39. The standard InChI is InChI=1S/C24H27N3O6/c1-3-31-16-19(14-18-8-10-20(11-9-18)33-13-12-32-17(2)28)26-24-21-6-4-5-7-22(21)25-15-23(24)27(29)30/h4-11,15,19H,3,12-14,16H2,1-2H3,(H,25,26)/t19-/m0/s1. The lowest BCUT2D eigenvalue weighted by atomic mass is 10.0. The van der Waals surface area contributed by atoms with E-state index < -0.39 is 4.92 Å². The van der Waals surface area contributed by atoms with Crippen LogP contribution >= 0.6 is 0 Å². The lowest BCUT2D eigenvalue weighted by Crippen LogP contribution is -2.28. The first-order valence-corrected chi connectivity index (χ1v) is 10.7. The zero-order valence-electron chi connectivity index (χ0n) is 18.7. The van der Waals surface area contributed by atoms with Gasteiger partial charge in [-0.2, -0.15) is 0 Å². The van der Waals surface area contributed by atoms with E-state index in [0.717, 1.165) is 5.56 Å². The van der Waals surface area contributed by atoms with E-state index >= 15 is 0 Å². The molecular formula is C24H27N3O6. The number of aromatic nitrogens is 1. The summed E-state index contributed by atoms with van der Waals surface area (Å²) >= 11 is 0. The number of nitro groups is 1. The number of pyridine rings is 1. The zero-order chi connectivity index (χ0) is 23.6. The van der Waals surface area contributed by atoms with Crippen LogP contribution in [0.2, 0.25) is 0 Å². The van der Waals surface area contributed by atoms with E-state index in [4.69, 9.17) is 14.2 Å². The summed E-state index contributed by atoms with van der Waals surface area (Å²) in [6.45, 7) is 4.63. The third kappa shape index (κ3) is 6.88. The molecule has 3 rings (SSSR count). The predicted octanol–water partition coefficient (Wildman–Crippen LogP) is 4.14. The molecule has 0 radical (unpaired) electrons. The average Bonchev–Trinajstić information content (AvgIpc) is 2.81. The number of carbonyl (C=O) groups excluding carboxylic acids is 1. The molecule has 1 heterocycles. The summed E-state index contributed by atoms with van der Waals surface area (Å²) < 4.78 is 16.1. The summed E-state index contributed by atoms with van der Waals surface area (Å²) in [5.74, 6) is 0.319. The Morgan fingerprint density at radius 3 is 2.61 bits per heavy atom. The van der Waals surface area contributed by atoms with Gasteiger partial charge in [-0.15, -0.1) is 0 Å². The quantitative estimate of drug-likeness (QED) is 0.188. The molecule has 9 nitrogen and oxygen atoms in total. The molecule has 3 aromatic rings. The predicted molar refractivity (Wildman–Crippen MR) is 125 cm³/mol. The Balaban J connectivity index is 1.75. The Bertz CT molecular complexity index is 1090. The van der Waals surface area contributed by atoms with Crippen LogP contribution in [0.4, 0.5) is 11.4 Å². The van der Waals surface area contributed by atoms with Gasteiger partial charge in [-0.1, -0.05) is 30.3 Å². The first-order valence-electron chi connectivity index (χ1n) is 10.7. The molecule has 9 heteroatoms. The largest absolute Gasteiger partial charge is 0.490 e. The number of benzene rings is 2. The summed E-state index contributed by atoms with van der Waals surface area (Å²) in [5, 5.41) is 15.7. The molecule has 0 unspecified atom stereocenters. The third-order valence-corrected chi connectivity index (χ3v) is 4.89. The Labute approximate surface area is 191 Å². The third-order valence-electron chi connectivity index (χ3n) is 4.89. The second-order valence-corrected chi connectivity index (χ2v) is 7.33. The van der Waals surface area contributed by atoms with Gasteiger partial charge < -0.3 is 19.5 Å². The van der Waals surface area contributed by atoms with Gasteiger partial charge in [-0.25, -0.2) is 4.98 Å². The molecule has 1 aromatic heterocycles. The van der Waals surface area contributed by atoms with Crippen LogP contribution in [0.5, 0.6) is 5.75 Å². The molecule has 0 fully saturated rings. The molecule has 0 aliphatic rings. The second kappa shape index (κ2) is 11.8. The van der Waals surface area contributed by atoms with Crippen LogP contribution in [0, 0.1) is 10.1 Å². The van der Waals surface area contributed by atoms with Crippen molar-refractivity contribution in [3.63, 3.8) is 0 Å². The molecule has 0 amide bonds. The van der Waals surface area contributed by atoms with Gasteiger partial charge in [-0.3, -0.25) is 14.9 Å². The first-order chi connectivity index (χ1) is 16.0. The number of rotatable bonds is 12. The van der Waals surface area contributed by atoms with Gasteiger partial charge in [0.15, 0.2) is 0 Å². The number of anilines is 1. The SMILES string of the molecule is CCOC[C@H](Cc1ccc(OCCOC(C)=O)cc1)Nc1c([N+](=O)[O-])cnc2ccccc12. The van der Waals surface area contributed by atoms with Gasteiger partial charge in [0.2, 0.25) is 0 Å². The second-order valence-electron chi connectivity index (χ2n) is 7.33. The normalized spacial score (nSPS) is 11.7. The van der Waals surface area contributed by atoms with Gasteiger partial charge in [0.25, 0.3) is 0 Å². The van der Waals surface area contributed by atoms with Crippen molar-refractivity contribution >= 4 is 28.2 Å². The van der Waals surface area contributed by atoms with Crippen molar-refractivity contribution in [2.45, 2.75) is 26.3 Å². The minimum absolute atomic E-state index is 0.0771. The Hall–Kier alpha value is -3.72. The molecule has 174 valence electrons. The van der Waals surface area contributed by atoms with Gasteiger partial charge >= 0.3 is 11.7 Å². The molecule has 0 aliphatic carbocycles. The van der Waals surface area contributed by atoms with Crippen LogP contribution in [-0.2, 0) is 20.7 Å². The molecule has 0 spiro atoms. The summed E-state index contributed by atoms with van der Waals surface area (Å²) in [7, 11) is 0. The average molecular weight is 453 g/mol. The van der Waals surface area contributed by atoms with Gasteiger partial charge in [0.1, 0.15) is 30.8 Å². The number of ether oxygens (including phenoxy) is 3. The maximum Gasteiger partial charge on any atom is 0.311 e. The fraction of sp³-hybridized carbons (Fsp3) is 0.333. The minimum atomic E-state index is -0.429. The maximum atomic E-state index is 11.7. The van der Waals surface area contributed by atoms with Gasteiger partial charge in [0, 0.05) is 18.9 Å². The van der Waals surface area contributed by atoms with Crippen LogP contribution in [0.15, 0.2) is 54.7 Å². The molecule has 0 saturated heterocycles. The zero-order valence-corrected chi connectivity index (χ0v) is 18.7. The first kappa shape index (κ1) is 23.9. The molecule has 33 heavy (non-hydrogen) atoms. The topological polar surface area (TPSA) is 113 Å². The monoisotopic (exact) mass is 453 g/mol. The number of esters is 1. The molecule has 2 aromatic carbocycles. The van der Waals surface area contributed by atoms with Crippen molar-refractivity contribution in [3.8, 4) is 5.75 Å². The van der Waals surface area contributed by atoms with E-state index in [1.165, 1.54) is 13.1 Å². The molecule has 1 atom stereocenters. The lowest BCUT2D eigenvalue weighted by Gasteiger charge is -2.21. The highest BCUT2D eigenvalue weighted by Crippen LogP contribution is 2.32. The number of hydrogen-bond donors (Lipinski definition) is 1. The van der Waals surface area contributed by atoms with Crippen molar-refractivity contribution in [2.24, 2.45) is 0 Å². The number of hydrogen-bond acceptors (Lipinski definition) is 8. The van der Waals surface area contributed by atoms with Crippen LogP contribution < -0.4 is 10.1 Å². The molecule has 1 N–H and O–H groups in total. The minimum Gasteiger partial charge on any atom is -0.490 e. The maximum absolute atomic E-state index is 11.7. The van der Waals surface area contributed by atoms with Gasteiger partial charge in [0.05, 0.1) is 23.1 Å². The van der Waals surface area contributed by atoms with E-state index in [1.807, 2.05) is 55.5 Å². The Morgan fingerprint density at radius 2 is 1.91 bits per heavy atom. The highest BCUT2D eigenvalue weighted by molar-refractivity contribution is 5.95. The molecule has 0 aliphatic heterocycles. The number of fused-ring (bicyclic) bond motifs is 1. The number of nitrogens with one attached hydrogen (secondary N) is 1. The van der Waals surface area contributed by atoms with E-state index in [1.54, 1.807) is 0 Å². The fourth-order valence-electron chi connectivity index (χ4n) is 3.39. The van der Waals surface area contributed by atoms with Crippen molar-refractivity contribution in [1.29, 1.82) is 0 Å². The smallest absolute Gasteiger partial charge is 0.311 e. The van der Waals surface area contributed by atoms with E-state index in [0.29, 0.717) is 42.0 Å². The van der Waals surface area contributed by atoms with Crippen LogP contribution in [-0.4, -0.2) is 48.3 Å². The summed E-state index contributed by atoms with van der Waals surface area (Å²) in [6.07, 6.45) is 1.87. The summed E-state index contributed by atoms with van der Waals surface area (Å²) in [6, 6.07) is 14.7. The van der Waals surface area contributed by atoms with Crippen LogP contribution in [0.1, 0.15) is 19.4 Å². The van der Waals surface area contributed by atoms with Crippen molar-refractivity contribution in [2.75, 3.05) is 31.7 Å². The lowest BCUT2D eigenvalue weighted by molar-refractivity contribution is -0.384. The van der Waals surface area contributed by atoms with Crippen LogP contribution in [0.3, 0.4) is 0 Å². The molecule has 0 bridgehead atoms.